The van der Waals surface area contributed by atoms with Crippen molar-refractivity contribution in [3.05, 3.63) is 89.4 Å². The van der Waals surface area contributed by atoms with Crippen molar-refractivity contribution in [2.24, 2.45) is 0 Å². The fourth-order valence-corrected chi connectivity index (χ4v) is 5.46. The minimum Gasteiger partial charge on any atom is -0.328 e. The Morgan fingerprint density at radius 3 is 2.15 bits per heavy atom. The van der Waals surface area contributed by atoms with Crippen LogP contribution in [0, 0.1) is 0 Å². The molecule has 0 spiro atoms. The number of benzene rings is 3. The van der Waals surface area contributed by atoms with Crippen LogP contribution in [-0.4, -0.2) is 37.2 Å². The first kappa shape index (κ1) is 23.0. The standard InChI is InChI=1S/C25H23ClN2O4S/c1-25(24(30)27-33(31,32)22-10-6-5-9-21(22)26)15-16-28(25)23(29)17-18-11-13-20(14-12-18)19-7-3-2-4-8-19/h2-14H,15-17H2,1H3,(H,27,30). The molecule has 1 saturated heterocycles. The first-order valence-corrected chi connectivity index (χ1v) is 12.3. The summed E-state index contributed by atoms with van der Waals surface area (Å²) in [6, 6.07) is 23.5. The van der Waals surface area contributed by atoms with Crippen LogP contribution in [0.4, 0.5) is 0 Å². The molecule has 2 amide bonds. The summed E-state index contributed by atoms with van der Waals surface area (Å²) < 4.78 is 27.4. The van der Waals surface area contributed by atoms with E-state index in [0.717, 1.165) is 16.7 Å². The van der Waals surface area contributed by atoms with E-state index in [2.05, 4.69) is 4.72 Å². The Kier molecular flexibility index (Phi) is 6.28. The summed E-state index contributed by atoms with van der Waals surface area (Å²) in [5, 5.41) is 0.0171. The summed E-state index contributed by atoms with van der Waals surface area (Å²) in [5.74, 6) is -0.983. The Hall–Kier alpha value is -3.16. The summed E-state index contributed by atoms with van der Waals surface area (Å²) in [4.78, 5) is 27.1. The van der Waals surface area contributed by atoms with E-state index in [1.807, 2.05) is 54.6 Å². The largest absolute Gasteiger partial charge is 0.328 e. The lowest BCUT2D eigenvalue weighted by Crippen LogP contribution is -2.68. The van der Waals surface area contributed by atoms with Crippen LogP contribution < -0.4 is 4.72 Å². The molecule has 170 valence electrons. The molecule has 1 N–H and O–H groups in total. The van der Waals surface area contributed by atoms with Gasteiger partial charge in [0, 0.05) is 6.54 Å². The fourth-order valence-electron chi connectivity index (χ4n) is 3.86. The highest BCUT2D eigenvalue weighted by molar-refractivity contribution is 7.90. The van der Waals surface area contributed by atoms with Gasteiger partial charge in [-0.1, -0.05) is 78.3 Å². The first-order chi connectivity index (χ1) is 15.7. The molecule has 1 heterocycles. The number of rotatable bonds is 6. The predicted octanol–water partition coefficient (Wildman–Crippen LogP) is 4.05. The van der Waals surface area contributed by atoms with Crippen molar-refractivity contribution in [3.8, 4) is 11.1 Å². The molecule has 33 heavy (non-hydrogen) atoms. The number of nitrogens with zero attached hydrogens (tertiary/aromatic N) is 1. The van der Waals surface area contributed by atoms with Crippen LogP contribution in [0.5, 0.6) is 0 Å². The number of carbonyl (C=O) groups is 2. The predicted molar refractivity (Wildman–Crippen MR) is 127 cm³/mol. The van der Waals surface area contributed by atoms with Gasteiger partial charge in [0.1, 0.15) is 10.4 Å². The molecule has 1 aliphatic heterocycles. The fraction of sp³-hybridized carbons (Fsp3) is 0.200. The summed E-state index contributed by atoms with van der Waals surface area (Å²) in [6.07, 6.45) is 0.491. The second kappa shape index (κ2) is 9.00. The molecule has 0 bridgehead atoms. The lowest BCUT2D eigenvalue weighted by molar-refractivity contribution is -0.156. The SMILES string of the molecule is CC1(C(=O)NS(=O)(=O)c2ccccc2Cl)CCN1C(=O)Cc1ccc(-c2ccccc2)cc1. The van der Waals surface area contributed by atoms with Gasteiger partial charge in [-0.2, -0.15) is 0 Å². The second-order valence-electron chi connectivity index (χ2n) is 8.17. The van der Waals surface area contributed by atoms with Crippen LogP contribution in [0.15, 0.2) is 83.8 Å². The number of hydrogen-bond donors (Lipinski definition) is 1. The third kappa shape index (κ3) is 4.65. The number of halogens is 1. The molecule has 8 heteroatoms. The zero-order valence-electron chi connectivity index (χ0n) is 18.0. The summed E-state index contributed by atoms with van der Waals surface area (Å²) >= 11 is 5.98. The normalized spacial score (nSPS) is 17.8. The van der Waals surface area contributed by atoms with Crippen LogP contribution in [0.25, 0.3) is 11.1 Å². The monoisotopic (exact) mass is 482 g/mol. The van der Waals surface area contributed by atoms with Gasteiger partial charge < -0.3 is 4.90 Å². The molecule has 0 radical (unpaired) electrons. The maximum Gasteiger partial charge on any atom is 0.265 e. The van der Waals surface area contributed by atoms with Crippen molar-refractivity contribution in [2.45, 2.75) is 30.2 Å². The summed E-state index contributed by atoms with van der Waals surface area (Å²) in [6.45, 7) is 1.96. The van der Waals surface area contributed by atoms with E-state index < -0.39 is 21.5 Å². The molecule has 6 nitrogen and oxygen atoms in total. The van der Waals surface area contributed by atoms with Crippen LogP contribution in [0.2, 0.25) is 5.02 Å². The van der Waals surface area contributed by atoms with Crippen molar-refractivity contribution in [1.82, 2.24) is 9.62 Å². The van der Waals surface area contributed by atoms with E-state index in [0.29, 0.717) is 13.0 Å². The van der Waals surface area contributed by atoms with Gasteiger partial charge in [0.05, 0.1) is 11.4 Å². The molecular weight excluding hydrogens is 460 g/mol. The minimum atomic E-state index is -4.16. The van der Waals surface area contributed by atoms with Gasteiger partial charge in [-0.25, -0.2) is 13.1 Å². The Labute approximate surface area is 198 Å². The van der Waals surface area contributed by atoms with E-state index in [4.69, 9.17) is 11.6 Å². The van der Waals surface area contributed by atoms with Crippen molar-refractivity contribution >= 4 is 33.4 Å². The number of likely N-dealkylation sites (tertiary alicyclic amines) is 1. The molecule has 0 aromatic heterocycles. The van der Waals surface area contributed by atoms with Crippen molar-refractivity contribution in [1.29, 1.82) is 0 Å². The smallest absolute Gasteiger partial charge is 0.265 e. The third-order valence-corrected chi connectivity index (χ3v) is 7.81. The number of carbonyl (C=O) groups excluding carboxylic acids is 2. The van der Waals surface area contributed by atoms with Crippen molar-refractivity contribution < 1.29 is 18.0 Å². The Bertz CT molecular complexity index is 1290. The number of amides is 2. The minimum absolute atomic E-state index is 0.0171. The van der Waals surface area contributed by atoms with Crippen LogP contribution in [0.1, 0.15) is 18.9 Å². The summed E-state index contributed by atoms with van der Waals surface area (Å²) in [7, 11) is -4.16. The van der Waals surface area contributed by atoms with Crippen LogP contribution in [0.3, 0.4) is 0 Å². The van der Waals surface area contributed by atoms with Gasteiger partial charge in [0.25, 0.3) is 15.9 Å². The molecule has 1 aliphatic rings. The van der Waals surface area contributed by atoms with Crippen molar-refractivity contribution in [3.63, 3.8) is 0 Å². The van der Waals surface area contributed by atoms with Crippen molar-refractivity contribution in [2.75, 3.05) is 6.54 Å². The molecule has 3 aromatic carbocycles. The summed E-state index contributed by atoms with van der Waals surface area (Å²) in [5.41, 5.74) is 1.71. The molecule has 0 aliphatic carbocycles. The number of nitrogens with one attached hydrogen (secondary N) is 1. The van der Waals surface area contributed by atoms with E-state index in [9.17, 15) is 18.0 Å². The molecule has 3 aromatic rings. The topological polar surface area (TPSA) is 83.6 Å². The van der Waals surface area contributed by atoms with Gasteiger partial charge in [0.2, 0.25) is 5.91 Å². The zero-order valence-corrected chi connectivity index (χ0v) is 19.6. The lowest BCUT2D eigenvalue weighted by atomic mass is 9.85. The van der Waals surface area contributed by atoms with Gasteiger partial charge in [0.15, 0.2) is 0 Å². The Morgan fingerprint density at radius 2 is 1.55 bits per heavy atom. The Morgan fingerprint density at radius 1 is 0.939 bits per heavy atom. The molecule has 0 saturated carbocycles. The molecule has 1 atom stereocenters. The molecule has 4 rings (SSSR count). The maximum atomic E-state index is 12.9. The van der Waals surface area contributed by atoms with E-state index in [-0.39, 0.29) is 22.2 Å². The molecular formula is C25H23ClN2O4S. The van der Waals surface area contributed by atoms with Crippen LogP contribution >= 0.6 is 11.6 Å². The second-order valence-corrected chi connectivity index (χ2v) is 10.2. The van der Waals surface area contributed by atoms with E-state index in [1.165, 1.54) is 23.1 Å². The number of sulfonamides is 1. The molecule has 1 fully saturated rings. The quantitative estimate of drug-likeness (QED) is 0.574. The lowest BCUT2D eigenvalue weighted by Gasteiger charge is -2.49. The van der Waals surface area contributed by atoms with Gasteiger partial charge >= 0.3 is 0 Å². The van der Waals surface area contributed by atoms with Crippen LogP contribution in [-0.2, 0) is 26.0 Å². The maximum absolute atomic E-state index is 12.9. The third-order valence-electron chi connectivity index (χ3n) is 5.98. The highest BCUT2D eigenvalue weighted by Gasteiger charge is 2.50. The highest BCUT2D eigenvalue weighted by atomic mass is 35.5. The average Bonchev–Trinajstić information content (AvgIpc) is 2.78. The number of hydrogen-bond acceptors (Lipinski definition) is 4. The van der Waals surface area contributed by atoms with E-state index >= 15 is 0 Å². The van der Waals surface area contributed by atoms with E-state index in [1.54, 1.807) is 13.0 Å². The zero-order chi connectivity index (χ0) is 23.6. The van der Waals surface area contributed by atoms with Gasteiger partial charge in [-0.3, -0.25) is 9.59 Å². The highest BCUT2D eigenvalue weighted by Crippen LogP contribution is 2.32. The average molecular weight is 483 g/mol. The first-order valence-electron chi connectivity index (χ1n) is 10.5. The van der Waals surface area contributed by atoms with Gasteiger partial charge in [-0.05, 0) is 42.2 Å². The Balaban J connectivity index is 1.44. The molecule has 1 unspecified atom stereocenters. The van der Waals surface area contributed by atoms with Gasteiger partial charge in [-0.15, -0.1) is 0 Å².